The molecule has 61 heavy (non-hydrogen) atoms. The minimum Gasteiger partial charge on any atom is -0.462 e. The van der Waals surface area contributed by atoms with Crippen LogP contribution < -0.4 is 0 Å². The average molecular weight is 863 g/mol. The lowest BCUT2D eigenvalue weighted by molar-refractivity contribution is -0.167. The lowest BCUT2D eigenvalue weighted by atomic mass is 9.99. The predicted octanol–water partition coefficient (Wildman–Crippen LogP) is 17.6. The van der Waals surface area contributed by atoms with Crippen LogP contribution in [-0.2, 0) is 28.6 Å². The first-order chi connectivity index (χ1) is 29.6. The van der Waals surface area contributed by atoms with E-state index in [2.05, 4.69) is 41.5 Å². The van der Waals surface area contributed by atoms with Gasteiger partial charge in [-0.15, -0.1) is 0 Å². The van der Waals surface area contributed by atoms with E-state index in [1.807, 2.05) is 0 Å². The van der Waals surface area contributed by atoms with Gasteiger partial charge in [0.25, 0.3) is 0 Å². The number of hydrogen-bond acceptors (Lipinski definition) is 6. The Hall–Kier alpha value is -1.59. The standard InChI is InChI=1S/C55H106O6/c1-7-51(6)43-37-31-25-18-16-14-12-10-8-9-11-13-15-17-19-27-34-40-46-55(58)61-52(48-60-54(57)45-39-33-28-22-24-30-36-42-50(4)5)47-59-53(56)44-38-32-26-21-20-23-29-35-41-49(2)3/h49-52H,7-48H2,1-6H3/t51?,52-/m1/s1. The molecule has 0 aromatic carbocycles. The largest absolute Gasteiger partial charge is 0.462 e. The summed E-state index contributed by atoms with van der Waals surface area (Å²) in [5, 5.41) is 0. The molecule has 0 N–H and O–H groups in total. The molecule has 0 saturated carbocycles. The third kappa shape index (κ3) is 47.7. The molecule has 0 radical (unpaired) electrons. The van der Waals surface area contributed by atoms with Gasteiger partial charge in [0.05, 0.1) is 0 Å². The van der Waals surface area contributed by atoms with Crippen molar-refractivity contribution in [2.45, 2.75) is 304 Å². The minimum absolute atomic E-state index is 0.0656. The second-order valence-corrected chi connectivity index (χ2v) is 20.1. The number of carbonyl (C=O) groups is 3. The van der Waals surface area contributed by atoms with Crippen molar-refractivity contribution in [3.63, 3.8) is 0 Å². The fourth-order valence-electron chi connectivity index (χ4n) is 8.26. The van der Waals surface area contributed by atoms with Crippen molar-refractivity contribution in [2.24, 2.45) is 17.8 Å². The average Bonchev–Trinajstić information content (AvgIpc) is 3.23. The monoisotopic (exact) mass is 863 g/mol. The molecule has 1 unspecified atom stereocenters. The second kappa shape index (κ2) is 46.4. The maximum atomic E-state index is 12.8. The van der Waals surface area contributed by atoms with E-state index in [1.54, 1.807) is 0 Å². The molecular weight excluding hydrogens is 757 g/mol. The Kier molecular flexibility index (Phi) is 45.2. The first-order valence-electron chi connectivity index (χ1n) is 27.1. The summed E-state index contributed by atoms with van der Waals surface area (Å²) in [6, 6.07) is 0. The van der Waals surface area contributed by atoms with Gasteiger partial charge in [0.1, 0.15) is 13.2 Å². The Morgan fingerprint density at radius 1 is 0.328 bits per heavy atom. The molecule has 6 nitrogen and oxygen atoms in total. The third-order valence-corrected chi connectivity index (χ3v) is 12.8. The molecule has 6 heteroatoms. The summed E-state index contributed by atoms with van der Waals surface area (Å²) in [5.74, 6) is 1.63. The number of unbranched alkanes of at least 4 members (excludes halogenated alkanes) is 30. The van der Waals surface area contributed by atoms with E-state index in [4.69, 9.17) is 14.2 Å². The predicted molar refractivity (Wildman–Crippen MR) is 261 cm³/mol. The number of carbonyl (C=O) groups excluding carboxylic acids is 3. The van der Waals surface area contributed by atoms with Crippen molar-refractivity contribution < 1.29 is 28.6 Å². The molecular formula is C55H106O6. The van der Waals surface area contributed by atoms with Crippen molar-refractivity contribution >= 4 is 17.9 Å². The molecule has 0 aliphatic carbocycles. The van der Waals surface area contributed by atoms with E-state index < -0.39 is 6.10 Å². The summed E-state index contributed by atoms with van der Waals surface area (Å²) in [5.41, 5.74) is 0. The van der Waals surface area contributed by atoms with Gasteiger partial charge < -0.3 is 14.2 Å². The van der Waals surface area contributed by atoms with Gasteiger partial charge in [-0.05, 0) is 37.0 Å². The molecule has 0 bridgehead atoms. The highest BCUT2D eigenvalue weighted by molar-refractivity contribution is 5.71. The van der Waals surface area contributed by atoms with Crippen molar-refractivity contribution in [1.82, 2.24) is 0 Å². The Balaban J connectivity index is 4.20. The molecule has 0 saturated heterocycles. The van der Waals surface area contributed by atoms with Crippen LogP contribution in [0.5, 0.6) is 0 Å². The molecule has 0 aliphatic rings. The van der Waals surface area contributed by atoms with Crippen LogP contribution in [0.15, 0.2) is 0 Å². The number of ether oxygens (including phenoxy) is 3. The Labute approximate surface area is 380 Å². The van der Waals surface area contributed by atoms with E-state index >= 15 is 0 Å². The van der Waals surface area contributed by atoms with E-state index in [9.17, 15) is 14.4 Å². The summed E-state index contributed by atoms with van der Waals surface area (Å²) in [7, 11) is 0. The van der Waals surface area contributed by atoms with Crippen LogP contribution in [0, 0.1) is 17.8 Å². The molecule has 0 aromatic heterocycles. The Morgan fingerprint density at radius 3 is 0.852 bits per heavy atom. The van der Waals surface area contributed by atoms with Crippen molar-refractivity contribution in [1.29, 1.82) is 0 Å². The van der Waals surface area contributed by atoms with Gasteiger partial charge in [-0.2, -0.15) is 0 Å². The summed E-state index contributed by atoms with van der Waals surface area (Å²) in [4.78, 5) is 37.9. The van der Waals surface area contributed by atoms with Crippen LogP contribution >= 0.6 is 0 Å². The SMILES string of the molecule is CCC(C)CCCCCCCCCCCCCCCCCCCCC(=O)O[C@H](COC(=O)CCCCCCCCCCC(C)C)COC(=O)CCCCCCCCCC(C)C. The van der Waals surface area contributed by atoms with Gasteiger partial charge in [0, 0.05) is 19.3 Å². The molecule has 0 amide bonds. The lowest BCUT2D eigenvalue weighted by Gasteiger charge is -2.18. The van der Waals surface area contributed by atoms with E-state index in [0.29, 0.717) is 19.3 Å². The molecule has 0 spiro atoms. The maximum absolute atomic E-state index is 12.8. The third-order valence-electron chi connectivity index (χ3n) is 12.8. The Morgan fingerprint density at radius 2 is 0.574 bits per heavy atom. The number of rotatable bonds is 48. The Bertz CT molecular complexity index is 947. The topological polar surface area (TPSA) is 78.9 Å². The van der Waals surface area contributed by atoms with E-state index in [1.165, 1.54) is 180 Å². The summed E-state index contributed by atoms with van der Waals surface area (Å²) >= 11 is 0. The van der Waals surface area contributed by atoms with Gasteiger partial charge in [-0.25, -0.2) is 0 Å². The van der Waals surface area contributed by atoms with Crippen LogP contribution in [0.4, 0.5) is 0 Å². The molecule has 2 atom stereocenters. The summed E-state index contributed by atoms with van der Waals surface area (Å²) in [6.45, 7) is 13.7. The van der Waals surface area contributed by atoms with Gasteiger partial charge in [-0.1, -0.05) is 260 Å². The molecule has 0 fully saturated rings. The fourth-order valence-corrected chi connectivity index (χ4v) is 8.26. The smallest absolute Gasteiger partial charge is 0.306 e. The number of hydrogen-bond donors (Lipinski definition) is 0. The van der Waals surface area contributed by atoms with Gasteiger partial charge >= 0.3 is 17.9 Å². The van der Waals surface area contributed by atoms with Crippen LogP contribution in [0.25, 0.3) is 0 Å². The molecule has 362 valence electrons. The highest BCUT2D eigenvalue weighted by Gasteiger charge is 2.19. The first kappa shape index (κ1) is 59.4. The first-order valence-corrected chi connectivity index (χ1v) is 27.1. The van der Waals surface area contributed by atoms with Gasteiger partial charge in [-0.3, -0.25) is 14.4 Å². The zero-order chi connectivity index (χ0) is 44.9. The van der Waals surface area contributed by atoms with Crippen LogP contribution in [0.1, 0.15) is 298 Å². The summed E-state index contributed by atoms with van der Waals surface area (Å²) < 4.78 is 16.8. The minimum atomic E-state index is -0.763. The fraction of sp³-hybridized carbons (Fsp3) is 0.945. The molecule has 0 aliphatic heterocycles. The molecule has 0 rings (SSSR count). The normalized spacial score (nSPS) is 12.6. The summed E-state index contributed by atoms with van der Waals surface area (Å²) in [6.07, 6.45) is 46.8. The molecule has 0 aromatic rings. The molecule has 0 heterocycles. The van der Waals surface area contributed by atoms with Gasteiger partial charge in [0.2, 0.25) is 0 Å². The number of esters is 3. The van der Waals surface area contributed by atoms with Crippen molar-refractivity contribution in [2.75, 3.05) is 13.2 Å². The maximum Gasteiger partial charge on any atom is 0.306 e. The van der Waals surface area contributed by atoms with Crippen LogP contribution in [0.3, 0.4) is 0 Å². The zero-order valence-corrected chi connectivity index (χ0v) is 42.0. The zero-order valence-electron chi connectivity index (χ0n) is 42.0. The van der Waals surface area contributed by atoms with E-state index in [0.717, 1.165) is 75.5 Å². The van der Waals surface area contributed by atoms with Gasteiger partial charge in [0.15, 0.2) is 6.10 Å². The highest BCUT2D eigenvalue weighted by Crippen LogP contribution is 2.18. The van der Waals surface area contributed by atoms with E-state index in [-0.39, 0.29) is 31.1 Å². The highest BCUT2D eigenvalue weighted by atomic mass is 16.6. The van der Waals surface area contributed by atoms with Crippen LogP contribution in [0.2, 0.25) is 0 Å². The van der Waals surface area contributed by atoms with Crippen LogP contribution in [-0.4, -0.2) is 37.2 Å². The van der Waals surface area contributed by atoms with Crippen molar-refractivity contribution in [3.05, 3.63) is 0 Å². The lowest BCUT2D eigenvalue weighted by Crippen LogP contribution is -2.30. The second-order valence-electron chi connectivity index (χ2n) is 20.1. The van der Waals surface area contributed by atoms with Crippen molar-refractivity contribution in [3.8, 4) is 0 Å². The quantitative estimate of drug-likeness (QED) is 0.0344.